The normalized spacial score (nSPS) is 14.1. The highest BCUT2D eigenvalue weighted by atomic mass is 15.4. The van der Waals surface area contributed by atoms with Gasteiger partial charge in [0.25, 0.3) is 0 Å². The van der Waals surface area contributed by atoms with E-state index in [1.165, 1.54) is 55.2 Å². The molecular weight excluding hydrogens is 354 g/mol. The summed E-state index contributed by atoms with van der Waals surface area (Å²) < 4.78 is 2.43. The van der Waals surface area contributed by atoms with Crippen molar-refractivity contribution in [2.75, 3.05) is 23.5 Å². The number of fused-ring (bicyclic) bond motifs is 7. The van der Waals surface area contributed by atoms with Crippen LogP contribution in [0.15, 0.2) is 84.9 Å². The maximum Gasteiger partial charge on any atom is 0.0950 e. The summed E-state index contributed by atoms with van der Waals surface area (Å²) >= 11 is 0. The van der Waals surface area contributed by atoms with Gasteiger partial charge >= 0.3 is 0 Å². The first-order valence-corrected chi connectivity index (χ1v) is 10.1. The zero-order chi connectivity index (χ0) is 19.1. The van der Waals surface area contributed by atoms with Crippen molar-refractivity contribution in [1.29, 1.82) is 0 Å². The largest absolute Gasteiger partial charge is 0.355 e. The van der Waals surface area contributed by atoms with E-state index in [2.05, 4.69) is 106 Å². The molecule has 0 atom stereocenters. The zero-order valence-corrected chi connectivity index (χ0v) is 16.1. The van der Waals surface area contributed by atoms with Crippen LogP contribution in [0.1, 0.15) is 0 Å². The fourth-order valence-corrected chi connectivity index (χ4v) is 5.19. The summed E-state index contributed by atoms with van der Waals surface area (Å²) in [5.74, 6) is 0. The first-order chi connectivity index (χ1) is 14.3. The number of hydrogen-bond acceptors (Lipinski definition) is 2. The third kappa shape index (κ3) is 1.82. The quantitative estimate of drug-likeness (QED) is 0.331. The Bertz CT molecular complexity index is 1560. The molecule has 0 aliphatic carbocycles. The summed E-state index contributed by atoms with van der Waals surface area (Å²) in [6.07, 6.45) is 0. The Morgan fingerprint density at radius 1 is 0.621 bits per heavy atom. The molecule has 0 amide bonds. The van der Waals surface area contributed by atoms with Crippen LogP contribution in [-0.2, 0) is 0 Å². The lowest BCUT2D eigenvalue weighted by Crippen LogP contribution is -2.23. The molecule has 1 aliphatic heterocycles. The standard InChI is InChI=1S/C26H19N3/c1-27-16-28(25-12-5-4-11-24(25)27)17-13-14-23-21(15-17)20-9-6-8-19-18-7-2-3-10-22(18)29(23)26(19)20/h2-15H,16H2,1H3. The van der Waals surface area contributed by atoms with Gasteiger partial charge in [0.2, 0.25) is 0 Å². The summed E-state index contributed by atoms with van der Waals surface area (Å²) in [6.45, 7) is 0.873. The van der Waals surface area contributed by atoms with Gasteiger partial charge in [0.1, 0.15) is 0 Å². The number of anilines is 3. The van der Waals surface area contributed by atoms with Crippen molar-refractivity contribution < 1.29 is 0 Å². The SMILES string of the molecule is CN1CN(c2ccc3c(c2)c2cccc4c5ccccc5n3c42)c2ccccc21. The van der Waals surface area contributed by atoms with Crippen LogP contribution in [0.3, 0.4) is 0 Å². The molecule has 0 radical (unpaired) electrons. The molecule has 6 aromatic rings. The molecule has 0 bridgehead atoms. The lowest BCUT2D eigenvalue weighted by molar-refractivity contribution is 0.950. The molecule has 0 saturated heterocycles. The van der Waals surface area contributed by atoms with E-state index in [9.17, 15) is 0 Å². The van der Waals surface area contributed by atoms with Crippen LogP contribution in [0, 0.1) is 0 Å². The molecule has 0 N–H and O–H groups in total. The summed E-state index contributed by atoms with van der Waals surface area (Å²) in [5.41, 5.74) is 7.70. The van der Waals surface area contributed by atoms with Gasteiger partial charge in [-0.25, -0.2) is 0 Å². The van der Waals surface area contributed by atoms with E-state index in [4.69, 9.17) is 0 Å². The van der Waals surface area contributed by atoms with Crippen LogP contribution in [-0.4, -0.2) is 18.1 Å². The number of aromatic nitrogens is 1. The number of rotatable bonds is 1. The fraction of sp³-hybridized carbons (Fsp3) is 0.0769. The molecular formula is C26H19N3. The van der Waals surface area contributed by atoms with Gasteiger partial charge in [-0.3, -0.25) is 0 Å². The Labute approximate surface area is 168 Å². The minimum absolute atomic E-state index is 0.873. The van der Waals surface area contributed by atoms with Gasteiger partial charge in [-0.05, 0) is 36.4 Å². The third-order valence-corrected chi connectivity index (χ3v) is 6.45. The van der Waals surface area contributed by atoms with Crippen molar-refractivity contribution in [2.45, 2.75) is 0 Å². The highest BCUT2D eigenvalue weighted by molar-refractivity contribution is 6.23. The molecule has 3 nitrogen and oxygen atoms in total. The molecule has 2 aromatic heterocycles. The predicted molar refractivity (Wildman–Crippen MR) is 123 cm³/mol. The van der Waals surface area contributed by atoms with E-state index in [0.29, 0.717) is 0 Å². The average Bonchev–Trinajstić information content (AvgIpc) is 3.40. The van der Waals surface area contributed by atoms with Gasteiger partial charge in [-0.15, -0.1) is 0 Å². The molecule has 3 heterocycles. The molecule has 0 saturated carbocycles. The number of hydrogen-bond donors (Lipinski definition) is 0. The van der Waals surface area contributed by atoms with Crippen molar-refractivity contribution in [3.05, 3.63) is 84.9 Å². The van der Waals surface area contributed by atoms with E-state index >= 15 is 0 Å². The van der Waals surface area contributed by atoms with E-state index in [1.54, 1.807) is 0 Å². The second-order valence-electron chi connectivity index (χ2n) is 8.01. The molecule has 3 heteroatoms. The molecule has 138 valence electrons. The second-order valence-corrected chi connectivity index (χ2v) is 8.01. The first kappa shape index (κ1) is 15.2. The van der Waals surface area contributed by atoms with Crippen LogP contribution in [0.2, 0.25) is 0 Å². The van der Waals surface area contributed by atoms with Crippen LogP contribution >= 0.6 is 0 Å². The smallest absolute Gasteiger partial charge is 0.0950 e. The second kappa shape index (κ2) is 5.21. The van der Waals surface area contributed by atoms with Crippen LogP contribution in [0.25, 0.3) is 38.1 Å². The highest BCUT2D eigenvalue weighted by Crippen LogP contribution is 2.43. The number of para-hydroxylation sites is 4. The molecule has 0 spiro atoms. The Balaban J connectivity index is 1.55. The van der Waals surface area contributed by atoms with Crippen molar-refractivity contribution in [3.63, 3.8) is 0 Å². The Hall–Kier alpha value is -3.72. The average molecular weight is 373 g/mol. The molecule has 1 aliphatic rings. The van der Waals surface area contributed by atoms with Gasteiger partial charge in [0.05, 0.1) is 34.6 Å². The van der Waals surface area contributed by atoms with Gasteiger partial charge in [0, 0.05) is 34.3 Å². The molecule has 0 fully saturated rings. The summed E-state index contributed by atoms with van der Waals surface area (Å²) in [4.78, 5) is 4.71. The lowest BCUT2D eigenvalue weighted by atomic mass is 10.1. The topological polar surface area (TPSA) is 10.9 Å². The highest BCUT2D eigenvalue weighted by Gasteiger charge is 2.25. The predicted octanol–water partition coefficient (Wildman–Crippen LogP) is 6.38. The van der Waals surface area contributed by atoms with Crippen LogP contribution in [0.4, 0.5) is 17.1 Å². The number of benzene rings is 4. The summed E-state index contributed by atoms with van der Waals surface area (Å²) in [6, 6.07) is 31.0. The van der Waals surface area contributed by atoms with E-state index in [-0.39, 0.29) is 0 Å². The summed E-state index contributed by atoms with van der Waals surface area (Å²) in [7, 11) is 2.16. The number of nitrogens with zero attached hydrogens (tertiary/aromatic N) is 3. The van der Waals surface area contributed by atoms with Gasteiger partial charge < -0.3 is 14.2 Å². The van der Waals surface area contributed by atoms with Crippen molar-refractivity contribution in [3.8, 4) is 0 Å². The van der Waals surface area contributed by atoms with Crippen molar-refractivity contribution in [1.82, 2.24) is 4.40 Å². The maximum atomic E-state index is 2.43. The van der Waals surface area contributed by atoms with Crippen molar-refractivity contribution in [2.24, 2.45) is 0 Å². The van der Waals surface area contributed by atoms with Crippen LogP contribution in [0.5, 0.6) is 0 Å². The molecule has 0 unspecified atom stereocenters. The first-order valence-electron chi connectivity index (χ1n) is 10.1. The molecule has 29 heavy (non-hydrogen) atoms. The lowest BCUT2D eigenvalue weighted by Gasteiger charge is -2.19. The van der Waals surface area contributed by atoms with E-state index in [0.717, 1.165) is 6.67 Å². The minimum Gasteiger partial charge on any atom is -0.355 e. The Morgan fingerprint density at radius 2 is 1.31 bits per heavy atom. The summed E-state index contributed by atoms with van der Waals surface area (Å²) in [5, 5.41) is 5.31. The molecule has 7 rings (SSSR count). The molecule has 4 aromatic carbocycles. The van der Waals surface area contributed by atoms with Gasteiger partial charge in [-0.1, -0.05) is 48.5 Å². The zero-order valence-electron chi connectivity index (χ0n) is 16.1. The minimum atomic E-state index is 0.873. The third-order valence-electron chi connectivity index (χ3n) is 6.45. The Morgan fingerprint density at radius 3 is 2.21 bits per heavy atom. The maximum absolute atomic E-state index is 2.43. The van der Waals surface area contributed by atoms with Crippen molar-refractivity contribution >= 4 is 55.2 Å². The van der Waals surface area contributed by atoms with Crippen LogP contribution < -0.4 is 9.80 Å². The Kier molecular flexibility index (Phi) is 2.73. The fourth-order valence-electron chi connectivity index (χ4n) is 5.19. The van der Waals surface area contributed by atoms with Gasteiger partial charge in [-0.2, -0.15) is 0 Å². The van der Waals surface area contributed by atoms with E-state index < -0.39 is 0 Å². The van der Waals surface area contributed by atoms with E-state index in [1.807, 2.05) is 0 Å². The monoisotopic (exact) mass is 373 g/mol. The van der Waals surface area contributed by atoms with Gasteiger partial charge in [0.15, 0.2) is 0 Å².